The second-order valence-electron chi connectivity index (χ2n) is 5.19. The van der Waals surface area contributed by atoms with Crippen molar-refractivity contribution in [1.82, 2.24) is 4.90 Å². The van der Waals surface area contributed by atoms with Crippen molar-refractivity contribution in [1.29, 1.82) is 0 Å². The monoisotopic (exact) mass is 356 g/mol. The highest BCUT2D eigenvalue weighted by Gasteiger charge is 2.22. The van der Waals surface area contributed by atoms with E-state index in [4.69, 9.17) is 4.74 Å². The lowest BCUT2D eigenvalue weighted by Crippen LogP contribution is -2.35. The average molecular weight is 357 g/mol. The summed E-state index contributed by atoms with van der Waals surface area (Å²) >= 11 is 3.11. The quantitative estimate of drug-likeness (QED) is 0.614. The Morgan fingerprint density at radius 2 is 2.33 bits per heavy atom. The number of rotatable bonds is 4. The first-order valence-corrected chi connectivity index (χ1v) is 7.55. The molecule has 6 nitrogen and oxygen atoms in total. The Bertz CT molecular complexity index is 544. The Morgan fingerprint density at radius 1 is 1.57 bits per heavy atom. The normalized spacial score (nSPS) is 18.3. The lowest BCUT2D eigenvalue weighted by molar-refractivity contribution is -0.385. The van der Waals surface area contributed by atoms with Crippen molar-refractivity contribution in [2.45, 2.75) is 12.8 Å². The molecule has 1 aromatic rings. The van der Waals surface area contributed by atoms with E-state index in [1.54, 1.807) is 18.0 Å². The summed E-state index contributed by atoms with van der Waals surface area (Å²) in [6.45, 7) is 2.05. The van der Waals surface area contributed by atoms with Crippen LogP contribution in [-0.4, -0.2) is 42.5 Å². The number of nitro groups is 1. The maximum atomic E-state index is 12.4. The van der Waals surface area contributed by atoms with Gasteiger partial charge in [0, 0.05) is 31.8 Å². The van der Waals surface area contributed by atoms with Gasteiger partial charge in [0.2, 0.25) is 0 Å². The molecule has 1 atom stereocenters. The summed E-state index contributed by atoms with van der Waals surface area (Å²) in [5.41, 5.74) is 0.222. The molecule has 1 aliphatic rings. The van der Waals surface area contributed by atoms with Gasteiger partial charge in [-0.05, 0) is 46.8 Å². The lowest BCUT2D eigenvalue weighted by atomic mass is 10.0. The number of ether oxygens (including phenoxy) is 1. The molecule has 0 aromatic heterocycles. The molecule has 1 aromatic carbocycles. The third-order valence-electron chi connectivity index (χ3n) is 3.52. The van der Waals surface area contributed by atoms with Gasteiger partial charge >= 0.3 is 0 Å². The minimum Gasteiger partial charge on any atom is -0.381 e. The largest absolute Gasteiger partial charge is 0.381 e. The van der Waals surface area contributed by atoms with Crippen LogP contribution in [-0.2, 0) is 4.74 Å². The van der Waals surface area contributed by atoms with Gasteiger partial charge in [-0.1, -0.05) is 0 Å². The Morgan fingerprint density at radius 3 is 2.95 bits per heavy atom. The molecule has 7 heteroatoms. The van der Waals surface area contributed by atoms with Gasteiger partial charge in [-0.3, -0.25) is 14.9 Å². The van der Waals surface area contributed by atoms with Gasteiger partial charge in [0.1, 0.15) is 0 Å². The van der Waals surface area contributed by atoms with Crippen LogP contribution in [0.3, 0.4) is 0 Å². The third-order valence-corrected chi connectivity index (χ3v) is 4.19. The number of amides is 1. The molecule has 1 unspecified atom stereocenters. The SMILES string of the molecule is CN(CC1CCCOC1)C(=O)c1ccc(Br)c([N+](=O)[O-])c1. The van der Waals surface area contributed by atoms with E-state index in [1.165, 1.54) is 12.1 Å². The van der Waals surface area contributed by atoms with E-state index in [-0.39, 0.29) is 11.6 Å². The van der Waals surface area contributed by atoms with Crippen LogP contribution in [0.5, 0.6) is 0 Å². The van der Waals surface area contributed by atoms with Crippen LogP contribution in [0.4, 0.5) is 5.69 Å². The van der Waals surface area contributed by atoms with Crippen LogP contribution in [0, 0.1) is 16.0 Å². The number of nitro benzene ring substituents is 1. The Labute approximate surface area is 131 Å². The first kappa shape index (κ1) is 15.9. The summed E-state index contributed by atoms with van der Waals surface area (Å²) in [5.74, 6) is 0.120. The van der Waals surface area contributed by atoms with E-state index in [0.29, 0.717) is 29.1 Å². The van der Waals surface area contributed by atoms with Crippen molar-refractivity contribution in [2.24, 2.45) is 5.92 Å². The van der Waals surface area contributed by atoms with Crippen LogP contribution < -0.4 is 0 Å². The molecule has 1 amide bonds. The van der Waals surface area contributed by atoms with Crippen molar-refractivity contribution in [3.05, 3.63) is 38.3 Å². The van der Waals surface area contributed by atoms with Crippen LogP contribution in [0.2, 0.25) is 0 Å². The van der Waals surface area contributed by atoms with Gasteiger partial charge in [-0.2, -0.15) is 0 Å². The fourth-order valence-corrected chi connectivity index (χ4v) is 2.82. The molecule has 114 valence electrons. The molecule has 0 saturated carbocycles. The predicted molar refractivity (Wildman–Crippen MR) is 81.3 cm³/mol. The molecule has 0 bridgehead atoms. The highest BCUT2D eigenvalue weighted by Crippen LogP contribution is 2.26. The fourth-order valence-electron chi connectivity index (χ4n) is 2.43. The topological polar surface area (TPSA) is 72.7 Å². The van der Waals surface area contributed by atoms with Crippen LogP contribution >= 0.6 is 15.9 Å². The third kappa shape index (κ3) is 4.01. The summed E-state index contributed by atoms with van der Waals surface area (Å²) < 4.78 is 5.77. The molecule has 1 aliphatic heterocycles. The van der Waals surface area contributed by atoms with Crippen LogP contribution in [0.15, 0.2) is 22.7 Å². The summed E-state index contributed by atoms with van der Waals surface area (Å²) in [6.07, 6.45) is 2.05. The number of nitrogens with zero attached hydrogens (tertiary/aromatic N) is 2. The second kappa shape index (κ2) is 7.00. The zero-order valence-electron chi connectivity index (χ0n) is 11.8. The molecule has 0 spiro atoms. The summed E-state index contributed by atoms with van der Waals surface area (Å²) in [5, 5.41) is 10.9. The second-order valence-corrected chi connectivity index (χ2v) is 6.05. The lowest BCUT2D eigenvalue weighted by Gasteiger charge is -2.27. The number of hydrogen-bond acceptors (Lipinski definition) is 4. The van der Waals surface area contributed by atoms with Gasteiger partial charge < -0.3 is 9.64 Å². The Kier molecular flexibility index (Phi) is 5.30. The van der Waals surface area contributed by atoms with Gasteiger partial charge in [0.15, 0.2) is 0 Å². The van der Waals surface area contributed by atoms with E-state index >= 15 is 0 Å². The van der Waals surface area contributed by atoms with Gasteiger partial charge in [-0.15, -0.1) is 0 Å². The molecule has 1 saturated heterocycles. The van der Waals surface area contributed by atoms with E-state index in [0.717, 1.165) is 19.4 Å². The Balaban J connectivity index is 2.08. The Hall–Kier alpha value is -1.47. The van der Waals surface area contributed by atoms with Crippen LogP contribution in [0.1, 0.15) is 23.2 Å². The number of carbonyl (C=O) groups is 1. The van der Waals surface area contributed by atoms with E-state index < -0.39 is 4.92 Å². The average Bonchev–Trinajstić information content (AvgIpc) is 2.47. The van der Waals surface area contributed by atoms with Crippen molar-refractivity contribution in [3.8, 4) is 0 Å². The number of hydrogen-bond donors (Lipinski definition) is 0. The maximum absolute atomic E-state index is 12.4. The van der Waals surface area contributed by atoms with Crippen molar-refractivity contribution < 1.29 is 14.5 Å². The standard InChI is InChI=1S/C14H17BrN2O4/c1-16(8-10-3-2-6-21-9-10)14(18)11-4-5-12(15)13(7-11)17(19)20/h4-5,7,10H,2-3,6,8-9H2,1H3. The molecule has 2 rings (SSSR count). The first-order valence-electron chi connectivity index (χ1n) is 6.76. The van der Waals surface area contributed by atoms with Crippen molar-refractivity contribution in [2.75, 3.05) is 26.8 Å². The highest BCUT2D eigenvalue weighted by molar-refractivity contribution is 9.10. The van der Waals surface area contributed by atoms with Gasteiger partial charge in [-0.25, -0.2) is 0 Å². The van der Waals surface area contributed by atoms with E-state index in [1.807, 2.05) is 0 Å². The number of benzene rings is 1. The molecular weight excluding hydrogens is 340 g/mol. The zero-order valence-corrected chi connectivity index (χ0v) is 13.3. The van der Waals surface area contributed by atoms with Crippen molar-refractivity contribution in [3.63, 3.8) is 0 Å². The zero-order chi connectivity index (χ0) is 15.4. The van der Waals surface area contributed by atoms with Gasteiger partial charge in [0.25, 0.3) is 11.6 Å². The highest BCUT2D eigenvalue weighted by atomic mass is 79.9. The molecule has 0 aliphatic carbocycles. The smallest absolute Gasteiger partial charge is 0.284 e. The number of carbonyl (C=O) groups excluding carboxylic acids is 1. The summed E-state index contributed by atoms with van der Waals surface area (Å²) in [4.78, 5) is 24.4. The molecule has 1 fully saturated rings. The number of halogens is 1. The minimum absolute atomic E-state index is 0.102. The van der Waals surface area contributed by atoms with Crippen molar-refractivity contribution >= 4 is 27.5 Å². The first-order chi connectivity index (χ1) is 9.99. The van der Waals surface area contributed by atoms with Crippen LogP contribution in [0.25, 0.3) is 0 Å². The molecular formula is C14H17BrN2O4. The van der Waals surface area contributed by atoms with E-state index in [9.17, 15) is 14.9 Å². The van der Waals surface area contributed by atoms with Gasteiger partial charge in [0.05, 0.1) is 16.0 Å². The van der Waals surface area contributed by atoms with E-state index in [2.05, 4.69) is 15.9 Å². The fraction of sp³-hybridized carbons (Fsp3) is 0.500. The summed E-state index contributed by atoms with van der Waals surface area (Å²) in [7, 11) is 1.71. The molecule has 1 heterocycles. The maximum Gasteiger partial charge on any atom is 0.284 e. The molecule has 21 heavy (non-hydrogen) atoms. The molecule has 0 N–H and O–H groups in total. The predicted octanol–water partition coefficient (Wildman–Crippen LogP) is 2.86. The molecule has 0 radical (unpaired) electrons. The summed E-state index contributed by atoms with van der Waals surface area (Å²) in [6, 6.07) is 4.43. The minimum atomic E-state index is -0.504.